The average molecular weight is 528 g/mol. The summed E-state index contributed by atoms with van der Waals surface area (Å²) in [5.41, 5.74) is 1.18. The molecular formula is C22H24ClF2N5O4S. The van der Waals surface area contributed by atoms with E-state index in [4.69, 9.17) is 16.3 Å². The van der Waals surface area contributed by atoms with Crippen LogP contribution in [0.1, 0.15) is 48.2 Å². The zero-order valence-electron chi connectivity index (χ0n) is 18.8. The van der Waals surface area contributed by atoms with Gasteiger partial charge in [0.15, 0.2) is 5.75 Å². The first-order valence-corrected chi connectivity index (χ1v) is 11.9. The molecule has 0 saturated heterocycles. The largest absolute Gasteiger partial charge is 0.469 e. The second-order valence-corrected chi connectivity index (χ2v) is 9.22. The van der Waals surface area contributed by atoms with Crippen LogP contribution in [0.2, 0.25) is 5.15 Å². The fraction of sp³-hybridized carbons (Fsp3) is 0.409. The van der Waals surface area contributed by atoms with Crippen LogP contribution in [0, 0.1) is 12.8 Å². The standard InChI is InChI=1S/C22H22ClF2N5O3S.H2O/c1-12-7-14(15-8-18(23)27-10-17(15)33-20(24)25)16(9-26-12)19(31)28-21-29-30-22(34-21)32-11-13-5-3-2-4-6-13;/h7-10,13,20H,2-6,11H2,1H3,(H,28,29,31);1H2. The van der Waals surface area contributed by atoms with Crippen LogP contribution in [0.15, 0.2) is 24.5 Å². The number of aryl methyl sites for hydroxylation is 1. The molecule has 4 rings (SSSR count). The predicted molar refractivity (Wildman–Crippen MR) is 127 cm³/mol. The lowest BCUT2D eigenvalue weighted by atomic mass is 9.90. The van der Waals surface area contributed by atoms with Crippen LogP contribution in [0.25, 0.3) is 11.1 Å². The van der Waals surface area contributed by atoms with Crippen molar-refractivity contribution < 1.29 is 28.5 Å². The minimum absolute atomic E-state index is 0. The number of amides is 1. The van der Waals surface area contributed by atoms with Gasteiger partial charge in [0.25, 0.3) is 11.1 Å². The molecular weight excluding hydrogens is 504 g/mol. The van der Waals surface area contributed by atoms with Crippen LogP contribution in [-0.4, -0.2) is 44.8 Å². The Balaban J connectivity index is 0.00000342. The average Bonchev–Trinajstić information content (AvgIpc) is 3.26. The Kier molecular flexibility index (Phi) is 9.24. The summed E-state index contributed by atoms with van der Waals surface area (Å²) in [5, 5.41) is 11.3. The highest BCUT2D eigenvalue weighted by molar-refractivity contribution is 7.17. The highest BCUT2D eigenvalue weighted by Crippen LogP contribution is 2.35. The number of pyridine rings is 2. The maximum Gasteiger partial charge on any atom is 0.387 e. The van der Waals surface area contributed by atoms with Crippen molar-refractivity contribution in [3.8, 4) is 22.1 Å². The van der Waals surface area contributed by atoms with Gasteiger partial charge < -0.3 is 14.9 Å². The van der Waals surface area contributed by atoms with E-state index in [2.05, 4.69) is 30.2 Å². The molecule has 3 heterocycles. The monoisotopic (exact) mass is 527 g/mol. The molecule has 1 fully saturated rings. The molecule has 35 heavy (non-hydrogen) atoms. The third-order valence-electron chi connectivity index (χ3n) is 5.42. The van der Waals surface area contributed by atoms with Crippen molar-refractivity contribution in [1.29, 1.82) is 0 Å². The Labute approximate surface area is 209 Å². The number of rotatable bonds is 8. The molecule has 3 N–H and O–H groups in total. The normalized spacial score (nSPS) is 13.9. The summed E-state index contributed by atoms with van der Waals surface area (Å²) in [6.45, 7) is -0.789. The number of hydrogen-bond acceptors (Lipinski definition) is 8. The van der Waals surface area contributed by atoms with E-state index in [0.29, 0.717) is 29.0 Å². The Morgan fingerprint density at radius 1 is 1.17 bits per heavy atom. The van der Waals surface area contributed by atoms with Crippen molar-refractivity contribution in [3.63, 3.8) is 0 Å². The fourth-order valence-corrected chi connectivity index (χ4v) is 4.56. The van der Waals surface area contributed by atoms with Crippen molar-refractivity contribution in [2.24, 2.45) is 5.92 Å². The number of carbonyl (C=O) groups is 1. The van der Waals surface area contributed by atoms with E-state index in [0.717, 1.165) is 30.4 Å². The Bertz CT molecular complexity index is 1160. The molecule has 1 aliphatic rings. The van der Waals surface area contributed by atoms with Gasteiger partial charge in [-0.15, -0.1) is 5.10 Å². The van der Waals surface area contributed by atoms with Crippen LogP contribution in [0.5, 0.6) is 10.9 Å². The van der Waals surface area contributed by atoms with E-state index in [9.17, 15) is 13.6 Å². The van der Waals surface area contributed by atoms with Crippen molar-refractivity contribution in [2.75, 3.05) is 11.9 Å². The third-order valence-corrected chi connectivity index (χ3v) is 6.38. The number of hydrogen-bond donors (Lipinski definition) is 1. The SMILES string of the molecule is Cc1cc(-c2cc(Cl)ncc2OC(F)F)c(C(=O)Nc2nnc(OCC3CCCCC3)s2)cn1.O. The Morgan fingerprint density at radius 3 is 2.69 bits per heavy atom. The minimum Gasteiger partial charge on any atom is -0.469 e. The summed E-state index contributed by atoms with van der Waals surface area (Å²) in [6, 6.07) is 2.94. The minimum atomic E-state index is -3.07. The molecule has 0 unspecified atom stereocenters. The molecule has 0 atom stereocenters. The lowest BCUT2D eigenvalue weighted by molar-refractivity contribution is -0.0496. The molecule has 3 aromatic heterocycles. The molecule has 0 spiro atoms. The molecule has 3 aromatic rings. The van der Waals surface area contributed by atoms with Crippen LogP contribution in [0.4, 0.5) is 13.9 Å². The van der Waals surface area contributed by atoms with Gasteiger partial charge in [0, 0.05) is 23.0 Å². The van der Waals surface area contributed by atoms with Gasteiger partial charge in [0.2, 0.25) is 5.13 Å². The maximum absolute atomic E-state index is 13.1. The Morgan fingerprint density at radius 2 is 1.94 bits per heavy atom. The van der Waals surface area contributed by atoms with Crippen molar-refractivity contribution >= 4 is 34.0 Å². The lowest BCUT2D eigenvalue weighted by Gasteiger charge is -2.20. The zero-order valence-corrected chi connectivity index (χ0v) is 20.3. The molecule has 0 aliphatic heterocycles. The number of nitrogens with one attached hydrogen (secondary N) is 1. The molecule has 188 valence electrons. The van der Waals surface area contributed by atoms with E-state index in [1.165, 1.54) is 31.5 Å². The fourth-order valence-electron chi connectivity index (χ4n) is 3.81. The van der Waals surface area contributed by atoms with Crippen molar-refractivity contribution in [2.45, 2.75) is 45.6 Å². The molecule has 1 amide bonds. The van der Waals surface area contributed by atoms with Crippen LogP contribution >= 0.6 is 22.9 Å². The quantitative estimate of drug-likeness (QED) is 0.410. The van der Waals surface area contributed by atoms with E-state index in [1.807, 2.05) is 0 Å². The van der Waals surface area contributed by atoms with Crippen molar-refractivity contribution in [1.82, 2.24) is 20.2 Å². The summed E-state index contributed by atoms with van der Waals surface area (Å²) >= 11 is 7.10. The molecule has 0 bridgehead atoms. The van der Waals surface area contributed by atoms with Gasteiger partial charge in [-0.25, -0.2) is 4.98 Å². The zero-order chi connectivity index (χ0) is 24.1. The molecule has 9 nitrogen and oxygen atoms in total. The van der Waals surface area contributed by atoms with Gasteiger partial charge in [-0.3, -0.25) is 15.1 Å². The number of carbonyl (C=O) groups excluding carboxylic acids is 1. The van der Waals surface area contributed by atoms with Gasteiger partial charge in [0.05, 0.1) is 18.4 Å². The second kappa shape index (κ2) is 12.1. The summed E-state index contributed by atoms with van der Waals surface area (Å²) in [7, 11) is 0. The molecule has 1 aliphatic carbocycles. The molecule has 0 aromatic carbocycles. The number of halogens is 3. The summed E-state index contributed by atoms with van der Waals surface area (Å²) in [6.07, 6.45) is 8.41. The molecule has 1 saturated carbocycles. The van der Waals surface area contributed by atoms with Gasteiger partial charge in [0.1, 0.15) is 5.15 Å². The van der Waals surface area contributed by atoms with Crippen LogP contribution < -0.4 is 14.8 Å². The highest BCUT2D eigenvalue weighted by atomic mass is 35.5. The molecule has 13 heteroatoms. The first-order chi connectivity index (χ1) is 16.4. The van der Waals surface area contributed by atoms with Gasteiger partial charge in [-0.05, 0) is 49.2 Å². The van der Waals surface area contributed by atoms with Crippen LogP contribution in [-0.2, 0) is 0 Å². The van der Waals surface area contributed by atoms with E-state index in [-0.39, 0.29) is 32.6 Å². The van der Waals surface area contributed by atoms with E-state index >= 15 is 0 Å². The molecule has 0 radical (unpaired) electrons. The maximum atomic E-state index is 13.1. The highest BCUT2D eigenvalue weighted by Gasteiger charge is 2.21. The first-order valence-electron chi connectivity index (χ1n) is 10.7. The third kappa shape index (κ3) is 7.03. The number of ether oxygens (including phenoxy) is 2. The van der Waals surface area contributed by atoms with Gasteiger partial charge >= 0.3 is 6.61 Å². The first kappa shape index (κ1) is 26.6. The smallest absolute Gasteiger partial charge is 0.387 e. The Hall–Kier alpha value is -2.96. The van der Waals surface area contributed by atoms with E-state index < -0.39 is 12.5 Å². The predicted octanol–water partition coefficient (Wildman–Crippen LogP) is 4.95. The van der Waals surface area contributed by atoms with Crippen LogP contribution in [0.3, 0.4) is 0 Å². The van der Waals surface area contributed by atoms with Crippen molar-refractivity contribution in [3.05, 3.63) is 40.9 Å². The van der Waals surface area contributed by atoms with Gasteiger partial charge in [-0.1, -0.05) is 36.0 Å². The number of aromatic nitrogens is 4. The van der Waals surface area contributed by atoms with Gasteiger partial charge in [-0.2, -0.15) is 8.78 Å². The topological polar surface area (TPSA) is 131 Å². The lowest BCUT2D eigenvalue weighted by Crippen LogP contribution is -2.15. The number of alkyl halides is 2. The summed E-state index contributed by atoms with van der Waals surface area (Å²) in [5.74, 6) is -0.254. The number of nitrogens with zero attached hydrogens (tertiary/aromatic N) is 4. The summed E-state index contributed by atoms with van der Waals surface area (Å²) in [4.78, 5) is 21.0. The second-order valence-electron chi connectivity index (χ2n) is 7.90. The number of anilines is 1. The van der Waals surface area contributed by atoms with E-state index in [1.54, 1.807) is 13.0 Å². The summed E-state index contributed by atoms with van der Waals surface area (Å²) < 4.78 is 36.2.